The van der Waals surface area contributed by atoms with Crippen LogP contribution in [0.4, 0.5) is 10.1 Å². The number of phenolic OH excluding ortho intramolecular Hbond substituents is 2. The minimum Gasteiger partial charge on any atom is -0.506 e. The smallest absolute Gasteiger partial charge is 0.326 e. The molecule has 0 radical (unpaired) electrons. The first-order valence-corrected chi connectivity index (χ1v) is 10.2. The molecule has 0 atom stereocenters. The van der Waals surface area contributed by atoms with Gasteiger partial charge in [-0.1, -0.05) is 6.92 Å². The summed E-state index contributed by atoms with van der Waals surface area (Å²) in [5.41, 5.74) is -0.381. The number of phenols is 2. The third kappa shape index (κ3) is 3.17. The van der Waals surface area contributed by atoms with Gasteiger partial charge in [-0.05, 0) is 48.3 Å². The van der Waals surface area contributed by atoms with Crippen molar-refractivity contribution in [2.45, 2.75) is 26.2 Å². The predicted octanol–water partition coefficient (Wildman–Crippen LogP) is 2.14. The number of hydrogen-bond acceptors (Lipinski definition) is 6. The Labute approximate surface area is 160 Å². The minimum absolute atomic E-state index is 0.0483. The van der Waals surface area contributed by atoms with Gasteiger partial charge in [0.25, 0.3) is 5.91 Å². The number of carbonyl (C=O) groups excluding carboxylic acids is 1. The van der Waals surface area contributed by atoms with E-state index in [1.807, 2.05) is 0 Å². The number of rotatable bonds is 5. The Bertz CT molecular complexity index is 1100. The van der Waals surface area contributed by atoms with E-state index in [9.17, 15) is 23.4 Å². The molecule has 4 rings (SSSR count). The van der Waals surface area contributed by atoms with Crippen molar-refractivity contribution in [3.05, 3.63) is 24.0 Å². The van der Waals surface area contributed by atoms with E-state index in [0.717, 1.165) is 25.3 Å². The number of anilines is 1. The maximum absolute atomic E-state index is 15.1. The summed E-state index contributed by atoms with van der Waals surface area (Å²) >= 11 is 0. The van der Waals surface area contributed by atoms with Crippen LogP contribution in [-0.2, 0) is 15.0 Å². The van der Waals surface area contributed by atoms with Crippen LogP contribution in [0.3, 0.4) is 0 Å². The zero-order chi connectivity index (χ0) is 20.3. The molecule has 0 unspecified atom stereocenters. The van der Waals surface area contributed by atoms with Crippen LogP contribution >= 0.6 is 0 Å². The van der Waals surface area contributed by atoms with Gasteiger partial charge < -0.3 is 14.9 Å². The largest absolute Gasteiger partial charge is 0.506 e. The number of aromatic hydroxyl groups is 2. The van der Waals surface area contributed by atoms with E-state index in [1.54, 1.807) is 4.72 Å². The summed E-state index contributed by atoms with van der Waals surface area (Å²) < 4.78 is 47.0. The molecular formula is C18H19FN2O6S. The summed E-state index contributed by atoms with van der Waals surface area (Å²) in [6, 6.07) is 3.62. The Hall–Kier alpha value is -2.75. The third-order valence-corrected chi connectivity index (χ3v) is 6.62. The molecule has 0 spiro atoms. The van der Waals surface area contributed by atoms with Gasteiger partial charge in [0.2, 0.25) is 0 Å². The van der Waals surface area contributed by atoms with E-state index in [4.69, 9.17) is 4.74 Å². The molecule has 1 aliphatic carbocycles. The van der Waals surface area contributed by atoms with Gasteiger partial charge in [0.15, 0.2) is 17.3 Å². The van der Waals surface area contributed by atoms with Crippen molar-refractivity contribution in [1.82, 2.24) is 4.72 Å². The number of nitrogens with zero attached hydrogens (tertiary/aromatic N) is 1. The van der Waals surface area contributed by atoms with E-state index < -0.39 is 39.9 Å². The first-order chi connectivity index (χ1) is 13.1. The van der Waals surface area contributed by atoms with Crippen LogP contribution in [0.25, 0.3) is 10.8 Å². The highest BCUT2D eigenvalue weighted by Gasteiger charge is 2.38. The molecule has 0 bridgehead atoms. The molecule has 28 heavy (non-hydrogen) atoms. The number of ether oxygens (including phenoxy) is 1. The number of carbonyl (C=O) groups is 1. The molecule has 1 aliphatic heterocycles. The molecule has 150 valence electrons. The first kappa shape index (κ1) is 18.6. The Kier molecular flexibility index (Phi) is 4.07. The molecule has 3 N–H and O–H groups in total. The molecule has 1 saturated carbocycles. The summed E-state index contributed by atoms with van der Waals surface area (Å²) in [6.07, 6.45) is 3.04. The number of benzene rings is 2. The van der Waals surface area contributed by atoms with Crippen molar-refractivity contribution in [3.8, 4) is 17.2 Å². The van der Waals surface area contributed by atoms with Crippen LogP contribution < -0.4 is 13.8 Å². The second-order valence-electron chi connectivity index (χ2n) is 7.55. The van der Waals surface area contributed by atoms with Gasteiger partial charge in [-0.3, -0.25) is 4.79 Å². The Morgan fingerprint density at radius 1 is 1.25 bits per heavy atom. The van der Waals surface area contributed by atoms with Gasteiger partial charge in [0.05, 0.1) is 6.61 Å². The average molecular weight is 410 g/mol. The normalized spacial score (nSPS) is 19.6. The molecule has 2 fully saturated rings. The molecular weight excluding hydrogens is 391 g/mol. The lowest BCUT2D eigenvalue weighted by molar-refractivity contribution is -0.117. The second-order valence-corrected chi connectivity index (χ2v) is 9.14. The molecule has 1 amide bonds. The molecule has 2 aromatic carbocycles. The highest BCUT2D eigenvalue weighted by Crippen LogP contribution is 2.48. The lowest BCUT2D eigenvalue weighted by atomic mass is 10.1. The highest BCUT2D eigenvalue weighted by molar-refractivity contribution is 7.92. The number of halogens is 1. The predicted molar refractivity (Wildman–Crippen MR) is 99.1 cm³/mol. The lowest BCUT2D eigenvalue weighted by Gasteiger charge is -2.19. The van der Waals surface area contributed by atoms with Crippen molar-refractivity contribution in [2.75, 3.05) is 17.5 Å². The highest BCUT2D eigenvalue weighted by atomic mass is 32.2. The van der Waals surface area contributed by atoms with Crippen molar-refractivity contribution in [1.29, 1.82) is 0 Å². The quantitative estimate of drug-likeness (QED) is 0.696. The minimum atomic E-state index is -4.29. The van der Waals surface area contributed by atoms with Gasteiger partial charge in [-0.2, -0.15) is 8.42 Å². The molecule has 10 heteroatoms. The fourth-order valence-corrected chi connectivity index (χ4v) is 4.38. The third-order valence-electron chi connectivity index (χ3n) is 5.25. The molecule has 8 nitrogen and oxygen atoms in total. The van der Waals surface area contributed by atoms with E-state index >= 15 is 4.39 Å². The monoisotopic (exact) mass is 410 g/mol. The van der Waals surface area contributed by atoms with Gasteiger partial charge in [-0.25, -0.2) is 13.4 Å². The summed E-state index contributed by atoms with van der Waals surface area (Å²) in [5.74, 6) is -2.69. The number of nitrogens with one attached hydrogen (secondary N) is 1. The molecule has 0 aromatic heterocycles. The average Bonchev–Trinajstić information content (AvgIpc) is 3.25. The molecule has 2 aliphatic rings. The van der Waals surface area contributed by atoms with Crippen molar-refractivity contribution < 1.29 is 32.6 Å². The Morgan fingerprint density at radius 2 is 1.93 bits per heavy atom. The molecule has 1 saturated heterocycles. The van der Waals surface area contributed by atoms with E-state index in [1.165, 1.54) is 12.1 Å². The van der Waals surface area contributed by atoms with Crippen LogP contribution in [0.5, 0.6) is 17.2 Å². The Balaban J connectivity index is 1.74. The molecule has 2 aromatic rings. The van der Waals surface area contributed by atoms with Crippen LogP contribution in [0.2, 0.25) is 0 Å². The summed E-state index contributed by atoms with van der Waals surface area (Å²) in [6.45, 7) is 1.84. The lowest BCUT2D eigenvalue weighted by Crippen LogP contribution is -2.30. The van der Waals surface area contributed by atoms with Gasteiger partial charge >= 0.3 is 10.2 Å². The maximum Gasteiger partial charge on any atom is 0.326 e. The van der Waals surface area contributed by atoms with Crippen LogP contribution in [0.15, 0.2) is 18.2 Å². The van der Waals surface area contributed by atoms with Gasteiger partial charge in [0, 0.05) is 5.39 Å². The van der Waals surface area contributed by atoms with Gasteiger partial charge in [-0.15, -0.1) is 0 Å². The maximum atomic E-state index is 15.1. The zero-order valence-corrected chi connectivity index (χ0v) is 15.8. The SMILES string of the molecule is CC1(CCOc2cc3c(F)c(N4CC(=O)NS4(=O)=O)c(O)cc3cc2O)CC1. The van der Waals surface area contributed by atoms with Crippen LogP contribution in [0.1, 0.15) is 26.2 Å². The topological polar surface area (TPSA) is 116 Å². The van der Waals surface area contributed by atoms with Crippen molar-refractivity contribution in [2.24, 2.45) is 5.41 Å². The van der Waals surface area contributed by atoms with E-state index in [0.29, 0.717) is 10.9 Å². The number of fused-ring (bicyclic) bond motifs is 1. The van der Waals surface area contributed by atoms with Crippen LogP contribution in [-0.4, -0.2) is 37.7 Å². The summed E-state index contributed by atoms with van der Waals surface area (Å²) in [7, 11) is -4.29. The number of hydrogen-bond donors (Lipinski definition) is 3. The van der Waals surface area contributed by atoms with Crippen molar-refractivity contribution >= 4 is 32.6 Å². The zero-order valence-electron chi connectivity index (χ0n) is 15.0. The summed E-state index contributed by atoms with van der Waals surface area (Å²) in [4.78, 5) is 11.4. The standard InChI is InChI=1S/C18H19FN2O6S/c1-18(2-3-18)4-5-27-14-8-11-10(6-12(14)22)7-13(23)17(16(11)19)21-9-15(24)20-28(21,25)26/h6-8,22-23H,2-5,9H2,1H3,(H,20,24). The van der Waals surface area contributed by atoms with E-state index in [-0.39, 0.29) is 27.7 Å². The van der Waals surface area contributed by atoms with Crippen molar-refractivity contribution in [3.63, 3.8) is 0 Å². The first-order valence-electron chi connectivity index (χ1n) is 8.74. The van der Waals surface area contributed by atoms with E-state index in [2.05, 4.69) is 6.92 Å². The second kappa shape index (κ2) is 6.13. The Morgan fingerprint density at radius 3 is 2.54 bits per heavy atom. The fraction of sp³-hybridized carbons (Fsp3) is 0.389. The summed E-state index contributed by atoms with van der Waals surface area (Å²) in [5, 5.41) is 20.4. The number of amides is 1. The van der Waals surface area contributed by atoms with Crippen LogP contribution in [0, 0.1) is 11.2 Å². The van der Waals surface area contributed by atoms with Gasteiger partial charge in [0.1, 0.15) is 18.0 Å². The fourth-order valence-electron chi connectivity index (χ4n) is 3.22. The molecule has 1 heterocycles.